The first-order chi connectivity index (χ1) is 9.94. The standard InChI is InChI=1S/C12H18N6O2S/c1-8-4-5-10(7-13-3)6-11(8)21(19,20)16-9(2)12-14-17-18-15-12/h4-6,9,13,16H,7H2,1-3H3,(H,14,15,17,18). The van der Waals surface area contributed by atoms with E-state index in [4.69, 9.17) is 0 Å². The van der Waals surface area contributed by atoms with Crippen LogP contribution in [0.25, 0.3) is 0 Å². The van der Waals surface area contributed by atoms with Gasteiger partial charge in [-0.1, -0.05) is 17.3 Å². The summed E-state index contributed by atoms with van der Waals surface area (Å²) in [5.74, 6) is 0.294. The first-order valence-electron chi connectivity index (χ1n) is 6.44. The minimum atomic E-state index is -3.66. The number of nitrogens with zero attached hydrogens (tertiary/aromatic N) is 3. The lowest BCUT2D eigenvalue weighted by molar-refractivity contribution is 0.559. The predicted octanol–water partition coefficient (Wildman–Crippen LogP) is 0.267. The molecule has 0 bridgehead atoms. The van der Waals surface area contributed by atoms with E-state index in [1.807, 2.05) is 13.1 Å². The molecule has 0 aliphatic heterocycles. The molecule has 1 aromatic heterocycles. The molecule has 1 aromatic carbocycles. The van der Waals surface area contributed by atoms with Crippen LogP contribution in [0.5, 0.6) is 0 Å². The molecule has 2 rings (SSSR count). The average Bonchev–Trinajstić information content (AvgIpc) is 2.94. The smallest absolute Gasteiger partial charge is 0.241 e. The van der Waals surface area contributed by atoms with E-state index in [1.54, 1.807) is 26.0 Å². The molecule has 0 aliphatic carbocycles. The molecular weight excluding hydrogens is 292 g/mol. The molecule has 21 heavy (non-hydrogen) atoms. The van der Waals surface area contributed by atoms with Crippen molar-refractivity contribution in [2.24, 2.45) is 0 Å². The topological polar surface area (TPSA) is 113 Å². The van der Waals surface area contributed by atoms with Gasteiger partial charge in [0.1, 0.15) is 0 Å². The third kappa shape index (κ3) is 3.63. The third-order valence-corrected chi connectivity index (χ3v) is 4.69. The number of aromatic nitrogens is 4. The Hall–Kier alpha value is -1.84. The minimum Gasteiger partial charge on any atom is -0.316 e. The predicted molar refractivity (Wildman–Crippen MR) is 76.9 cm³/mol. The average molecular weight is 310 g/mol. The number of nitrogens with one attached hydrogen (secondary N) is 3. The molecule has 0 saturated heterocycles. The van der Waals surface area contributed by atoms with Crippen LogP contribution in [0.15, 0.2) is 23.1 Å². The molecule has 1 heterocycles. The summed E-state index contributed by atoms with van der Waals surface area (Å²) < 4.78 is 27.5. The van der Waals surface area contributed by atoms with Crippen LogP contribution in [0.3, 0.4) is 0 Å². The van der Waals surface area contributed by atoms with Crippen LogP contribution in [-0.4, -0.2) is 36.1 Å². The van der Waals surface area contributed by atoms with Crippen LogP contribution in [0, 0.1) is 6.92 Å². The van der Waals surface area contributed by atoms with Crippen LogP contribution in [0.1, 0.15) is 29.9 Å². The van der Waals surface area contributed by atoms with Gasteiger partial charge in [-0.2, -0.15) is 5.21 Å². The van der Waals surface area contributed by atoms with Crippen molar-refractivity contribution in [3.05, 3.63) is 35.2 Å². The number of H-pyrrole nitrogens is 1. The zero-order valence-corrected chi connectivity index (χ0v) is 12.9. The number of rotatable bonds is 6. The van der Waals surface area contributed by atoms with Gasteiger partial charge < -0.3 is 5.32 Å². The van der Waals surface area contributed by atoms with E-state index in [2.05, 4.69) is 30.7 Å². The molecule has 0 radical (unpaired) electrons. The highest BCUT2D eigenvalue weighted by atomic mass is 32.2. The van der Waals surface area contributed by atoms with E-state index in [0.29, 0.717) is 17.9 Å². The van der Waals surface area contributed by atoms with Crippen molar-refractivity contribution in [1.29, 1.82) is 0 Å². The monoisotopic (exact) mass is 310 g/mol. The molecule has 0 amide bonds. The number of sulfonamides is 1. The van der Waals surface area contributed by atoms with E-state index in [0.717, 1.165) is 5.56 Å². The first-order valence-corrected chi connectivity index (χ1v) is 7.92. The van der Waals surface area contributed by atoms with Gasteiger partial charge in [0.05, 0.1) is 10.9 Å². The number of tetrazole rings is 1. The Kier molecular flexibility index (Phi) is 4.66. The second kappa shape index (κ2) is 6.29. The maximum absolute atomic E-state index is 12.5. The normalized spacial score (nSPS) is 13.3. The number of hydrogen-bond acceptors (Lipinski definition) is 6. The van der Waals surface area contributed by atoms with Crippen molar-refractivity contribution < 1.29 is 8.42 Å². The van der Waals surface area contributed by atoms with E-state index in [1.165, 1.54) is 0 Å². The van der Waals surface area contributed by atoms with Crippen molar-refractivity contribution in [2.75, 3.05) is 7.05 Å². The zero-order chi connectivity index (χ0) is 15.5. The van der Waals surface area contributed by atoms with E-state index in [9.17, 15) is 8.42 Å². The summed E-state index contributed by atoms with van der Waals surface area (Å²) in [6.07, 6.45) is 0. The van der Waals surface area contributed by atoms with Gasteiger partial charge in [0, 0.05) is 6.54 Å². The van der Waals surface area contributed by atoms with Gasteiger partial charge in [-0.3, -0.25) is 0 Å². The fraction of sp³-hybridized carbons (Fsp3) is 0.417. The Morgan fingerprint density at radius 2 is 2.14 bits per heavy atom. The van der Waals surface area contributed by atoms with Crippen molar-refractivity contribution in [3.63, 3.8) is 0 Å². The molecule has 2 aromatic rings. The molecule has 0 fully saturated rings. The lowest BCUT2D eigenvalue weighted by atomic mass is 10.1. The Balaban J connectivity index is 2.28. The van der Waals surface area contributed by atoms with E-state index in [-0.39, 0.29) is 4.90 Å². The molecule has 1 atom stereocenters. The maximum atomic E-state index is 12.5. The van der Waals surface area contributed by atoms with Crippen LogP contribution in [-0.2, 0) is 16.6 Å². The Labute approximate surface area is 123 Å². The fourth-order valence-electron chi connectivity index (χ4n) is 1.95. The Morgan fingerprint density at radius 1 is 1.38 bits per heavy atom. The van der Waals surface area contributed by atoms with Crippen LogP contribution in [0.2, 0.25) is 0 Å². The Bertz CT molecular complexity index is 699. The summed E-state index contributed by atoms with van der Waals surface area (Å²) in [5, 5.41) is 16.3. The SMILES string of the molecule is CNCc1ccc(C)c(S(=O)(=O)NC(C)c2nn[nH]n2)c1. The first kappa shape index (κ1) is 15.5. The molecule has 0 saturated carbocycles. The summed E-state index contributed by atoms with van der Waals surface area (Å²) in [6.45, 7) is 4.02. The highest BCUT2D eigenvalue weighted by Gasteiger charge is 2.22. The minimum absolute atomic E-state index is 0.255. The molecule has 1 unspecified atom stereocenters. The lowest BCUT2D eigenvalue weighted by Gasteiger charge is -2.14. The van der Waals surface area contributed by atoms with Crippen LogP contribution >= 0.6 is 0 Å². The molecule has 0 aliphatic rings. The molecule has 3 N–H and O–H groups in total. The van der Waals surface area contributed by atoms with E-state index < -0.39 is 16.1 Å². The third-order valence-electron chi connectivity index (χ3n) is 3.00. The van der Waals surface area contributed by atoms with E-state index >= 15 is 0 Å². The summed E-state index contributed by atoms with van der Waals surface area (Å²) in [7, 11) is -1.85. The molecule has 0 spiro atoms. The Morgan fingerprint density at radius 3 is 2.76 bits per heavy atom. The molecular formula is C12H18N6O2S. The number of aryl methyl sites for hydroxylation is 1. The van der Waals surface area contributed by atoms with Gasteiger partial charge >= 0.3 is 0 Å². The quantitative estimate of drug-likeness (QED) is 0.706. The highest BCUT2D eigenvalue weighted by Crippen LogP contribution is 2.19. The largest absolute Gasteiger partial charge is 0.316 e. The number of aromatic amines is 1. The number of benzene rings is 1. The van der Waals surface area contributed by atoms with Crippen LogP contribution in [0.4, 0.5) is 0 Å². The van der Waals surface area contributed by atoms with Gasteiger partial charge in [-0.05, 0) is 38.1 Å². The molecule has 114 valence electrons. The highest BCUT2D eigenvalue weighted by molar-refractivity contribution is 7.89. The van der Waals surface area contributed by atoms with Gasteiger partial charge in [0.25, 0.3) is 0 Å². The summed E-state index contributed by atoms with van der Waals surface area (Å²) in [4.78, 5) is 0.255. The fourth-order valence-corrected chi connectivity index (χ4v) is 3.45. The van der Waals surface area contributed by atoms with Crippen molar-refractivity contribution in [2.45, 2.75) is 31.3 Å². The summed E-state index contributed by atoms with van der Waals surface area (Å²) >= 11 is 0. The second-order valence-electron chi connectivity index (χ2n) is 4.74. The lowest BCUT2D eigenvalue weighted by Crippen LogP contribution is -2.28. The molecule has 8 nitrogen and oxygen atoms in total. The number of hydrogen-bond donors (Lipinski definition) is 3. The maximum Gasteiger partial charge on any atom is 0.241 e. The summed E-state index contributed by atoms with van der Waals surface area (Å²) in [6, 6.07) is 4.78. The van der Waals surface area contributed by atoms with Gasteiger partial charge in [0.2, 0.25) is 10.0 Å². The van der Waals surface area contributed by atoms with Gasteiger partial charge in [0.15, 0.2) is 5.82 Å². The second-order valence-corrected chi connectivity index (χ2v) is 6.43. The zero-order valence-electron chi connectivity index (χ0n) is 12.1. The van der Waals surface area contributed by atoms with Gasteiger partial charge in [-0.15, -0.1) is 10.2 Å². The summed E-state index contributed by atoms with van der Waals surface area (Å²) in [5.41, 5.74) is 1.58. The molecule has 9 heteroatoms. The van der Waals surface area contributed by atoms with Crippen molar-refractivity contribution in [1.82, 2.24) is 30.7 Å². The van der Waals surface area contributed by atoms with Crippen molar-refractivity contribution >= 4 is 10.0 Å². The van der Waals surface area contributed by atoms with Gasteiger partial charge in [-0.25, -0.2) is 13.1 Å². The van der Waals surface area contributed by atoms with Crippen molar-refractivity contribution in [3.8, 4) is 0 Å². The van der Waals surface area contributed by atoms with Crippen LogP contribution < -0.4 is 10.0 Å².